The van der Waals surface area contributed by atoms with Gasteiger partial charge in [0.25, 0.3) is 0 Å². The standard InChI is InChI=1S/C29H22N6O/c36-29(35-15-12-19(17-35)18-6-2-1-3-7-18)32-20-10-11-23-24(16-20)34-28-22-9-5-14-31-26(22)25-21(27(28)33-23)8-4-13-30-25/h1-11,13-14,16,19H,12,15,17H2,(H,32,36)/t19-/m0/s1. The van der Waals surface area contributed by atoms with E-state index in [1.807, 2.05) is 53.4 Å². The van der Waals surface area contributed by atoms with E-state index in [1.54, 1.807) is 12.4 Å². The third-order valence-corrected chi connectivity index (χ3v) is 7.01. The van der Waals surface area contributed by atoms with Crippen molar-refractivity contribution in [1.29, 1.82) is 0 Å². The van der Waals surface area contributed by atoms with Crippen LogP contribution < -0.4 is 5.32 Å². The van der Waals surface area contributed by atoms with Crippen molar-refractivity contribution in [1.82, 2.24) is 24.8 Å². The lowest BCUT2D eigenvalue weighted by atomic mass is 9.99. The molecule has 0 bridgehead atoms. The van der Waals surface area contributed by atoms with Crippen LogP contribution in [0, 0.1) is 0 Å². The van der Waals surface area contributed by atoms with Gasteiger partial charge in [0, 0.05) is 47.9 Å². The van der Waals surface area contributed by atoms with Crippen molar-refractivity contribution in [3.8, 4) is 0 Å². The average Bonchev–Trinajstić information content (AvgIpc) is 3.44. The van der Waals surface area contributed by atoms with Gasteiger partial charge in [0.1, 0.15) is 0 Å². The molecule has 0 aliphatic carbocycles. The van der Waals surface area contributed by atoms with Gasteiger partial charge in [0.2, 0.25) is 0 Å². The van der Waals surface area contributed by atoms with Crippen LogP contribution in [0.2, 0.25) is 0 Å². The third-order valence-electron chi connectivity index (χ3n) is 7.01. The Morgan fingerprint density at radius 3 is 2.19 bits per heavy atom. The van der Waals surface area contributed by atoms with E-state index < -0.39 is 0 Å². The molecular weight excluding hydrogens is 448 g/mol. The molecule has 0 saturated carbocycles. The van der Waals surface area contributed by atoms with Crippen LogP contribution in [0.1, 0.15) is 17.9 Å². The Bertz CT molecular complexity index is 1790. The topological polar surface area (TPSA) is 83.9 Å². The lowest BCUT2D eigenvalue weighted by molar-refractivity contribution is 0.222. The summed E-state index contributed by atoms with van der Waals surface area (Å²) in [5, 5.41) is 4.89. The van der Waals surface area contributed by atoms with Crippen molar-refractivity contribution in [2.45, 2.75) is 12.3 Å². The zero-order chi connectivity index (χ0) is 24.1. The van der Waals surface area contributed by atoms with Crippen LogP contribution in [0.3, 0.4) is 0 Å². The Kier molecular flexibility index (Phi) is 4.73. The first-order valence-electron chi connectivity index (χ1n) is 12.1. The van der Waals surface area contributed by atoms with Crippen molar-refractivity contribution in [2.24, 2.45) is 0 Å². The number of pyridine rings is 2. The van der Waals surface area contributed by atoms with E-state index in [1.165, 1.54) is 5.56 Å². The monoisotopic (exact) mass is 470 g/mol. The second-order valence-corrected chi connectivity index (χ2v) is 9.20. The van der Waals surface area contributed by atoms with E-state index in [9.17, 15) is 4.79 Å². The summed E-state index contributed by atoms with van der Waals surface area (Å²) in [4.78, 5) is 34.0. The maximum Gasteiger partial charge on any atom is 0.321 e. The normalized spacial score (nSPS) is 15.8. The summed E-state index contributed by atoms with van der Waals surface area (Å²) in [6.45, 7) is 1.46. The van der Waals surface area contributed by atoms with Crippen molar-refractivity contribution in [2.75, 3.05) is 18.4 Å². The molecule has 0 radical (unpaired) electrons. The van der Waals surface area contributed by atoms with Gasteiger partial charge in [-0.2, -0.15) is 0 Å². The summed E-state index contributed by atoms with van der Waals surface area (Å²) in [6, 6.07) is 23.8. The molecule has 3 aromatic carbocycles. The largest absolute Gasteiger partial charge is 0.324 e. The minimum atomic E-state index is -0.0896. The fraction of sp³-hybridized carbons (Fsp3) is 0.138. The Balaban J connectivity index is 1.24. The molecular formula is C29H22N6O. The smallest absolute Gasteiger partial charge is 0.321 e. The molecule has 7 nitrogen and oxygen atoms in total. The van der Waals surface area contributed by atoms with E-state index in [0.29, 0.717) is 18.2 Å². The van der Waals surface area contributed by atoms with Crippen molar-refractivity contribution in [3.63, 3.8) is 0 Å². The van der Waals surface area contributed by atoms with Gasteiger partial charge in [0.05, 0.1) is 33.1 Å². The Hall–Kier alpha value is -4.65. The number of nitrogens with zero attached hydrogens (tertiary/aromatic N) is 5. The average molecular weight is 471 g/mol. The fourth-order valence-electron chi connectivity index (χ4n) is 5.22. The first-order valence-corrected chi connectivity index (χ1v) is 12.1. The molecule has 7 heteroatoms. The van der Waals surface area contributed by atoms with Crippen LogP contribution >= 0.6 is 0 Å². The SMILES string of the molecule is O=C(Nc1ccc2nc3c4cccnc4c4ncccc4c3nc2c1)N1CC[C@H](c2ccccc2)C1. The lowest BCUT2D eigenvalue weighted by Gasteiger charge is -2.18. The zero-order valence-corrected chi connectivity index (χ0v) is 19.4. The Morgan fingerprint density at radius 1 is 0.778 bits per heavy atom. The predicted octanol–water partition coefficient (Wildman–Crippen LogP) is 5.90. The molecule has 0 unspecified atom stereocenters. The van der Waals surface area contributed by atoms with Crippen molar-refractivity contribution in [3.05, 3.63) is 90.8 Å². The number of hydrogen-bond acceptors (Lipinski definition) is 5. The first-order chi connectivity index (χ1) is 17.7. The van der Waals surface area contributed by atoms with Gasteiger partial charge < -0.3 is 10.2 Å². The minimum Gasteiger partial charge on any atom is -0.324 e. The number of carbonyl (C=O) groups is 1. The number of anilines is 1. The molecule has 7 rings (SSSR count). The summed E-state index contributed by atoms with van der Waals surface area (Å²) < 4.78 is 0. The van der Waals surface area contributed by atoms with Gasteiger partial charge >= 0.3 is 6.03 Å². The summed E-state index contributed by atoms with van der Waals surface area (Å²) in [5.41, 5.74) is 6.67. The summed E-state index contributed by atoms with van der Waals surface area (Å²) in [5.74, 6) is 0.372. The van der Waals surface area contributed by atoms with E-state index in [-0.39, 0.29) is 6.03 Å². The number of likely N-dealkylation sites (tertiary alicyclic amines) is 1. The second-order valence-electron chi connectivity index (χ2n) is 9.20. The number of rotatable bonds is 2. The van der Waals surface area contributed by atoms with Gasteiger partial charge in [-0.3, -0.25) is 9.97 Å². The van der Waals surface area contributed by atoms with E-state index in [0.717, 1.165) is 56.8 Å². The molecule has 0 spiro atoms. The van der Waals surface area contributed by atoms with Crippen LogP contribution in [-0.4, -0.2) is 44.0 Å². The van der Waals surface area contributed by atoms with Crippen LogP contribution in [0.5, 0.6) is 0 Å². The van der Waals surface area contributed by atoms with Crippen LogP contribution in [0.4, 0.5) is 10.5 Å². The van der Waals surface area contributed by atoms with Crippen LogP contribution in [0.25, 0.3) is 43.9 Å². The number of carbonyl (C=O) groups excluding carboxylic acids is 1. The molecule has 36 heavy (non-hydrogen) atoms. The highest BCUT2D eigenvalue weighted by Crippen LogP contribution is 2.32. The van der Waals surface area contributed by atoms with E-state index in [2.05, 4.69) is 39.6 Å². The Labute approximate surface area is 206 Å². The zero-order valence-electron chi connectivity index (χ0n) is 19.4. The number of fused-ring (bicyclic) bond motifs is 7. The maximum absolute atomic E-state index is 13.0. The maximum atomic E-state index is 13.0. The molecule has 1 aliphatic rings. The fourth-order valence-corrected chi connectivity index (χ4v) is 5.22. The molecule has 1 aliphatic heterocycles. The Morgan fingerprint density at radius 2 is 1.47 bits per heavy atom. The molecule has 6 aromatic rings. The molecule has 1 saturated heterocycles. The highest BCUT2D eigenvalue weighted by atomic mass is 16.2. The molecule has 3 aromatic heterocycles. The summed E-state index contributed by atoms with van der Waals surface area (Å²) >= 11 is 0. The minimum absolute atomic E-state index is 0.0896. The molecule has 4 heterocycles. The molecule has 1 atom stereocenters. The number of nitrogens with one attached hydrogen (secondary N) is 1. The molecule has 2 amide bonds. The number of aromatic nitrogens is 4. The number of hydrogen-bond donors (Lipinski definition) is 1. The third kappa shape index (κ3) is 3.40. The van der Waals surface area contributed by atoms with Crippen LogP contribution in [0.15, 0.2) is 85.2 Å². The molecule has 174 valence electrons. The van der Waals surface area contributed by atoms with Crippen molar-refractivity contribution < 1.29 is 4.79 Å². The molecule has 1 fully saturated rings. The summed E-state index contributed by atoms with van der Waals surface area (Å²) in [7, 11) is 0. The lowest BCUT2D eigenvalue weighted by Crippen LogP contribution is -2.32. The first kappa shape index (κ1) is 20.7. The predicted molar refractivity (Wildman–Crippen MR) is 142 cm³/mol. The molecule has 1 N–H and O–H groups in total. The highest BCUT2D eigenvalue weighted by molar-refractivity contribution is 6.21. The van der Waals surface area contributed by atoms with Gasteiger partial charge in [-0.25, -0.2) is 14.8 Å². The number of urea groups is 1. The van der Waals surface area contributed by atoms with Crippen molar-refractivity contribution >= 4 is 55.6 Å². The van der Waals surface area contributed by atoms with Gasteiger partial charge in [-0.15, -0.1) is 0 Å². The van der Waals surface area contributed by atoms with Gasteiger partial charge in [-0.05, 0) is 54.4 Å². The number of benzene rings is 3. The van der Waals surface area contributed by atoms with Gasteiger partial charge in [0.15, 0.2) is 0 Å². The second kappa shape index (κ2) is 8.23. The van der Waals surface area contributed by atoms with E-state index in [4.69, 9.17) is 9.97 Å². The van der Waals surface area contributed by atoms with Gasteiger partial charge in [-0.1, -0.05) is 30.3 Å². The highest BCUT2D eigenvalue weighted by Gasteiger charge is 2.27. The van der Waals surface area contributed by atoms with E-state index >= 15 is 0 Å². The summed E-state index contributed by atoms with van der Waals surface area (Å²) in [6.07, 6.45) is 4.51. The quantitative estimate of drug-likeness (QED) is 0.252. The number of amides is 2. The van der Waals surface area contributed by atoms with Crippen LogP contribution in [-0.2, 0) is 0 Å².